The van der Waals surface area contributed by atoms with Crippen LogP contribution in [-0.2, 0) is 11.3 Å². The van der Waals surface area contributed by atoms with Gasteiger partial charge in [0.05, 0.1) is 24.3 Å². The van der Waals surface area contributed by atoms with E-state index in [2.05, 4.69) is 21.7 Å². The molecule has 3 aromatic rings. The molecule has 30 heavy (non-hydrogen) atoms. The maximum atomic E-state index is 12.7. The minimum absolute atomic E-state index is 0.173. The Balaban J connectivity index is 1.65. The molecular weight excluding hydrogens is 400 g/mol. The van der Waals surface area contributed by atoms with Crippen LogP contribution in [0, 0.1) is 26.2 Å². The van der Waals surface area contributed by atoms with Gasteiger partial charge in [-0.3, -0.25) is 14.3 Å². The van der Waals surface area contributed by atoms with Gasteiger partial charge in [0.1, 0.15) is 0 Å². The van der Waals surface area contributed by atoms with Crippen molar-refractivity contribution in [1.29, 1.82) is 0 Å². The van der Waals surface area contributed by atoms with E-state index in [4.69, 9.17) is 18.0 Å². The first kappa shape index (κ1) is 21.2. The van der Waals surface area contributed by atoms with Crippen molar-refractivity contribution in [1.82, 2.24) is 15.1 Å². The number of aryl methyl sites for hydroxylation is 1. The van der Waals surface area contributed by atoms with Gasteiger partial charge in [-0.1, -0.05) is 41.8 Å². The predicted molar refractivity (Wildman–Crippen MR) is 118 cm³/mol. The van der Waals surface area contributed by atoms with Crippen LogP contribution in [-0.4, -0.2) is 28.1 Å². The number of nitrogens with zero attached hydrogens (tertiary/aromatic N) is 2. The average molecular weight is 421 g/mol. The zero-order valence-corrected chi connectivity index (χ0v) is 17.5. The van der Waals surface area contributed by atoms with Crippen LogP contribution in [0.4, 0.5) is 5.69 Å². The van der Waals surface area contributed by atoms with E-state index in [1.807, 2.05) is 31.2 Å². The number of hydrogen-bond donors (Lipinski definition) is 2. The summed E-state index contributed by atoms with van der Waals surface area (Å²) in [7, 11) is 0. The zero-order valence-electron chi connectivity index (χ0n) is 16.7. The number of carbonyl (C=O) groups excluding carboxylic acids is 2. The van der Waals surface area contributed by atoms with Crippen LogP contribution in [0.25, 0.3) is 0 Å². The lowest BCUT2D eigenvalue weighted by atomic mass is 10.1. The third-order valence-electron chi connectivity index (χ3n) is 4.61. The minimum Gasteiger partial charge on any atom is -0.343 e. The van der Waals surface area contributed by atoms with Crippen molar-refractivity contribution < 1.29 is 9.59 Å². The van der Waals surface area contributed by atoms with Gasteiger partial charge in [-0.05, 0) is 43.7 Å². The Morgan fingerprint density at radius 3 is 2.67 bits per heavy atom. The molecule has 152 valence electrons. The first-order valence-corrected chi connectivity index (χ1v) is 9.69. The van der Waals surface area contributed by atoms with Crippen LogP contribution in [0.1, 0.15) is 32.9 Å². The third-order valence-corrected chi connectivity index (χ3v) is 4.98. The number of anilines is 1. The summed E-state index contributed by atoms with van der Waals surface area (Å²) in [6.45, 7) is 3.85. The van der Waals surface area contributed by atoms with Crippen LogP contribution in [0.2, 0.25) is 5.02 Å². The van der Waals surface area contributed by atoms with E-state index in [1.165, 1.54) is 0 Å². The second-order valence-electron chi connectivity index (χ2n) is 6.75. The Labute approximate surface area is 180 Å². The van der Waals surface area contributed by atoms with Gasteiger partial charge >= 0.3 is 0 Å². The summed E-state index contributed by atoms with van der Waals surface area (Å²) in [5.74, 6) is 1.80. The van der Waals surface area contributed by atoms with Crippen LogP contribution < -0.4 is 10.6 Å². The first-order valence-electron chi connectivity index (χ1n) is 9.31. The van der Waals surface area contributed by atoms with E-state index < -0.39 is 0 Å². The molecule has 0 aliphatic rings. The topological polar surface area (TPSA) is 76.0 Å². The molecule has 3 rings (SSSR count). The fourth-order valence-corrected chi connectivity index (χ4v) is 3.30. The number of aromatic nitrogens is 2. The van der Waals surface area contributed by atoms with Gasteiger partial charge in [0.15, 0.2) is 0 Å². The fourth-order valence-electron chi connectivity index (χ4n) is 3.11. The van der Waals surface area contributed by atoms with Gasteiger partial charge in [0.2, 0.25) is 5.91 Å². The van der Waals surface area contributed by atoms with Gasteiger partial charge in [-0.2, -0.15) is 5.10 Å². The summed E-state index contributed by atoms with van der Waals surface area (Å²) in [5.41, 5.74) is 3.87. The largest absolute Gasteiger partial charge is 0.343 e. The summed E-state index contributed by atoms with van der Waals surface area (Å²) in [6.07, 6.45) is 5.36. The maximum absolute atomic E-state index is 12.7. The van der Waals surface area contributed by atoms with E-state index in [0.717, 1.165) is 5.56 Å². The molecule has 2 N–H and O–H groups in total. The highest BCUT2D eigenvalue weighted by Crippen LogP contribution is 2.19. The molecule has 0 unspecified atom stereocenters. The summed E-state index contributed by atoms with van der Waals surface area (Å²) in [5, 5.41) is 10.5. The summed E-state index contributed by atoms with van der Waals surface area (Å²) in [6, 6.07) is 14.4. The number of carbonyl (C=O) groups is 2. The molecule has 1 heterocycles. The summed E-state index contributed by atoms with van der Waals surface area (Å²) >= 11 is 6.23. The van der Waals surface area contributed by atoms with E-state index in [0.29, 0.717) is 39.8 Å². The zero-order chi connectivity index (χ0) is 21.7. The van der Waals surface area contributed by atoms with Crippen LogP contribution in [0.3, 0.4) is 0 Å². The number of amides is 2. The van der Waals surface area contributed by atoms with Gasteiger partial charge in [-0.15, -0.1) is 6.42 Å². The van der Waals surface area contributed by atoms with Crippen molar-refractivity contribution in [3.05, 3.63) is 81.6 Å². The second-order valence-corrected chi connectivity index (χ2v) is 7.16. The molecule has 0 saturated heterocycles. The van der Waals surface area contributed by atoms with Gasteiger partial charge < -0.3 is 10.6 Å². The summed E-state index contributed by atoms with van der Waals surface area (Å²) < 4.78 is 1.73. The highest BCUT2D eigenvalue weighted by atomic mass is 35.5. The standard InChI is InChI=1S/C23H21ClN4O2/c1-4-17-8-7-10-19(12-17)26-21(29)13-25-23(30)22-15(2)27-28(16(22)3)14-18-9-5-6-11-20(18)24/h1,5-12H,13-14H2,2-3H3,(H,25,30)(H,26,29). The minimum atomic E-state index is -0.358. The molecule has 2 amide bonds. The monoisotopic (exact) mass is 420 g/mol. The molecule has 2 aromatic carbocycles. The Morgan fingerprint density at radius 2 is 1.93 bits per heavy atom. The SMILES string of the molecule is C#Cc1cccc(NC(=O)CNC(=O)c2c(C)nn(Cc3ccccc3Cl)c2C)c1. The molecule has 6 nitrogen and oxygen atoms in total. The number of halogens is 1. The predicted octanol–water partition coefficient (Wildman–Crippen LogP) is 3.55. The number of hydrogen-bond acceptors (Lipinski definition) is 3. The van der Waals surface area contributed by atoms with Crippen LogP contribution in [0.15, 0.2) is 48.5 Å². The van der Waals surface area contributed by atoms with Gasteiger partial charge in [-0.25, -0.2) is 0 Å². The van der Waals surface area contributed by atoms with Crippen molar-refractivity contribution in [3.63, 3.8) is 0 Å². The Hall–Kier alpha value is -3.56. The first-order chi connectivity index (χ1) is 14.4. The Morgan fingerprint density at radius 1 is 1.17 bits per heavy atom. The quantitative estimate of drug-likeness (QED) is 0.599. The Bertz CT molecular complexity index is 1140. The van der Waals surface area contributed by atoms with Crippen molar-refractivity contribution >= 4 is 29.1 Å². The van der Waals surface area contributed by atoms with Crippen molar-refractivity contribution in [3.8, 4) is 12.3 Å². The molecule has 0 radical (unpaired) electrons. The van der Waals surface area contributed by atoms with Gasteiger partial charge in [0.25, 0.3) is 5.91 Å². The molecular formula is C23H21ClN4O2. The van der Waals surface area contributed by atoms with Crippen molar-refractivity contribution in [2.24, 2.45) is 0 Å². The molecule has 1 aromatic heterocycles. The average Bonchev–Trinajstić information content (AvgIpc) is 3.01. The highest BCUT2D eigenvalue weighted by molar-refractivity contribution is 6.31. The van der Waals surface area contributed by atoms with Crippen molar-refractivity contribution in [2.45, 2.75) is 20.4 Å². The summed E-state index contributed by atoms with van der Waals surface area (Å²) in [4.78, 5) is 24.9. The van der Waals surface area contributed by atoms with Gasteiger partial charge in [0, 0.05) is 22.0 Å². The Kier molecular flexibility index (Phi) is 6.55. The highest BCUT2D eigenvalue weighted by Gasteiger charge is 2.19. The fraction of sp³-hybridized carbons (Fsp3) is 0.174. The van der Waals surface area contributed by atoms with Crippen LogP contribution in [0.5, 0.6) is 0 Å². The van der Waals surface area contributed by atoms with E-state index >= 15 is 0 Å². The number of nitrogens with one attached hydrogen (secondary N) is 2. The van der Waals surface area contributed by atoms with Crippen LogP contribution >= 0.6 is 11.6 Å². The normalized spacial score (nSPS) is 10.3. The van der Waals surface area contributed by atoms with E-state index in [1.54, 1.807) is 35.9 Å². The smallest absolute Gasteiger partial charge is 0.255 e. The molecule has 0 saturated carbocycles. The molecule has 0 aliphatic carbocycles. The molecule has 0 spiro atoms. The lowest BCUT2D eigenvalue weighted by Gasteiger charge is -2.09. The lowest BCUT2D eigenvalue weighted by molar-refractivity contribution is -0.115. The number of rotatable bonds is 6. The molecule has 0 aliphatic heterocycles. The molecule has 0 fully saturated rings. The molecule has 0 bridgehead atoms. The third kappa shape index (κ3) is 4.88. The van der Waals surface area contributed by atoms with Crippen molar-refractivity contribution in [2.75, 3.05) is 11.9 Å². The van der Waals surface area contributed by atoms with E-state index in [9.17, 15) is 9.59 Å². The number of benzene rings is 2. The maximum Gasteiger partial charge on any atom is 0.255 e. The second kappa shape index (κ2) is 9.29. The lowest BCUT2D eigenvalue weighted by Crippen LogP contribution is -2.33. The number of terminal acetylenes is 1. The molecule has 0 atom stereocenters. The van der Waals surface area contributed by atoms with E-state index in [-0.39, 0.29) is 18.4 Å². The molecule has 7 heteroatoms.